The van der Waals surface area contributed by atoms with E-state index in [2.05, 4.69) is 5.32 Å². The first-order chi connectivity index (χ1) is 15.9. The Hall–Kier alpha value is -4.21. The van der Waals surface area contributed by atoms with E-state index in [0.29, 0.717) is 24.2 Å². The Bertz CT molecular complexity index is 1060. The van der Waals surface area contributed by atoms with Gasteiger partial charge in [0.2, 0.25) is 0 Å². The van der Waals surface area contributed by atoms with Crippen molar-refractivity contribution in [3.05, 3.63) is 81.5 Å². The molecule has 1 aliphatic heterocycles. The number of hydrogen-bond acceptors (Lipinski definition) is 6. The zero-order chi connectivity index (χ0) is 23.8. The fourth-order valence-electron chi connectivity index (χ4n) is 3.31. The van der Waals surface area contributed by atoms with Crippen molar-refractivity contribution in [2.24, 2.45) is 0 Å². The highest BCUT2D eigenvalue weighted by Gasteiger charge is 2.27. The molecule has 3 rings (SSSR count). The second kappa shape index (κ2) is 10.9. The van der Waals surface area contributed by atoms with Crippen molar-refractivity contribution in [3.8, 4) is 0 Å². The van der Waals surface area contributed by atoms with Gasteiger partial charge < -0.3 is 19.9 Å². The third-order valence-corrected chi connectivity index (χ3v) is 5.00. The molecule has 0 radical (unpaired) electrons. The molecule has 172 valence electrons. The molecule has 0 unspecified atom stereocenters. The lowest BCUT2D eigenvalue weighted by molar-refractivity contribution is -0.384. The normalized spacial score (nSPS) is 13.9. The highest BCUT2D eigenvalue weighted by molar-refractivity contribution is 6.05. The van der Waals surface area contributed by atoms with Crippen molar-refractivity contribution in [2.75, 3.05) is 32.8 Å². The molecule has 33 heavy (non-hydrogen) atoms. The molecule has 0 atom stereocenters. The molecule has 10 heteroatoms. The van der Waals surface area contributed by atoms with E-state index >= 15 is 0 Å². The minimum atomic E-state index is -0.532. The molecular formula is C23H24N4O6. The average Bonchev–Trinajstić information content (AvgIpc) is 2.84. The molecule has 1 heterocycles. The number of nitro benzene ring substituents is 1. The summed E-state index contributed by atoms with van der Waals surface area (Å²) in [6.07, 6.45) is 0.975. The minimum Gasteiger partial charge on any atom is -0.450 e. The Morgan fingerprint density at radius 1 is 1.03 bits per heavy atom. The first kappa shape index (κ1) is 23.5. The van der Waals surface area contributed by atoms with E-state index in [0.717, 1.165) is 0 Å². The summed E-state index contributed by atoms with van der Waals surface area (Å²) in [6.45, 7) is 3.08. The summed E-state index contributed by atoms with van der Waals surface area (Å²) >= 11 is 0. The number of nitro groups is 1. The summed E-state index contributed by atoms with van der Waals surface area (Å²) in [5.41, 5.74) is 0.607. The molecule has 3 amide bonds. The zero-order valence-electron chi connectivity index (χ0n) is 18.1. The topological polar surface area (TPSA) is 122 Å². The summed E-state index contributed by atoms with van der Waals surface area (Å²) in [5.74, 6) is -0.930. The van der Waals surface area contributed by atoms with Gasteiger partial charge >= 0.3 is 6.09 Å². The van der Waals surface area contributed by atoms with Crippen molar-refractivity contribution >= 4 is 29.7 Å². The van der Waals surface area contributed by atoms with Crippen LogP contribution in [0.3, 0.4) is 0 Å². The maximum absolute atomic E-state index is 13.3. The Morgan fingerprint density at radius 2 is 1.70 bits per heavy atom. The zero-order valence-corrected chi connectivity index (χ0v) is 18.1. The maximum atomic E-state index is 13.3. The van der Waals surface area contributed by atoms with Crippen molar-refractivity contribution in [1.29, 1.82) is 0 Å². The lowest BCUT2D eigenvalue weighted by Gasteiger charge is -2.34. The van der Waals surface area contributed by atoms with Gasteiger partial charge in [0.1, 0.15) is 5.70 Å². The number of nitrogens with zero attached hydrogens (tertiary/aromatic N) is 3. The number of amides is 3. The van der Waals surface area contributed by atoms with Crippen LogP contribution < -0.4 is 5.32 Å². The largest absolute Gasteiger partial charge is 0.450 e. The molecule has 0 aliphatic carbocycles. The molecule has 0 saturated carbocycles. The second-order valence-electron chi connectivity index (χ2n) is 7.21. The lowest BCUT2D eigenvalue weighted by Crippen LogP contribution is -2.52. The molecule has 1 N–H and O–H groups in total. The Labute approximate surface area is 190 Å². The highest BCUT2D eigenvalue weighted by atomic mass is 16.6. The van der Waals surface area contributed by atoms with Gasteiger partial charge in [-0.25, -0.2) is 4.79 Å². The Kier molecular flexibility index (Phi) is 7.74. The number of ether oxygens (including phenoxy) is 1. The van der Waals surface area contributed by atoms with Crippen molar-refractivity contribution < 1.29 is 24.0 Å². The highest BCUT2D eigenvalue weighted by Crippen LogP contribution is 2.17. The van der Waals surface area contributed by atoms with Gasteiger partial charge in [-0.1, -0.05) is 30.3 Å². The number of piperazine rings is 1. The van der Waals surface area contributed by atoms with Gasteiger partial charge in [-0.15, -0.1) is 0 Å². The van der Waals surface area contributed by atoms with E-state index < -0.39 is 22.8 Å². The van der Waals surface area contributed by atoms with E-state index in [1.54, 1.807) is 43.3 Å². The van der Waals surface area contributed by atoms with Gasteiger partial charge in [-0.3, -0.25) is 19.7 Å². The summed E-state index contributed by atoms with van der Waals surface area (Å²) in [7, 11) is 0. The first-order valence-corrected chi connectivity index (χ1v) is 10.4. The summed E-state index contributed by atoms with van der Waals surface area (Å²) < 4.78 is 5.00. The fourth-order valence-corrected chi connectivity index (χ4v) is 3.31. The van der Waals surface area contributed by atoms with E-state index in [-0.39, 0.29) is 31.1 Å². The molecule has 0 bridgehead atoms. The van der Waals surface area contributed by atoms with Gasteiger partial charge in [-0.2, -0.15) is 0 Å². The SMILES string of the molecule is CCOC(=O)N1CCN(C(=O)C(=Cc2cccc([N+](=O)[O-])c2)NC(=O)c2ccccc2)CC1. The van der Waals surface area contributed by atoms with Crippen LogP contribution in [0.25, 0.3) is 6.08 Å². The van der Waals surface area contributed by atoms with Crippen LogP contribution in [0.2, 0.25) is 0 Å². The lowest BCUT2D eigenvalue weighted by atomic mass is 10.1. The van der Waals surface area contributed by atoms with Gasteiger partial charge in [-0.05, 0) is 30.7 Å². The van der Waals surface area contributed by atoms with Gasteiger partial charge in [0.05, 0.1) is 11.5 Å². The van der Waals surface area contributed by atoms with Gasteiger partial charge in [0.25, 0.3) is 17.5 Å². The smallest absolute Gasteiger partial charge is 0.409 e. The number of non-ortho nitro benzene ring substituents is 1. The monoisotopic (exact) mass is 452 g/mol. The van der Waals surface area contributed by atoms with Crippen LogP contribution >= 0.6 is 0 Å². The van der Waals surface area contributed by atoms with Gasteiger partial charge in [0, 0.05) is 43.9 Å². The second-order valence-corrected chi connectivity index (χ2v) is 7.21. The van der Waals surface area contributed by atoms with E-state index in [9.17, 15) is 24.5 Å². The summed E-state index contributed by atoms with van der Waals surface area (Å²) in [4.78, 5) is 51.5. The van der Waals surface area contributed by atoms with Crippen LogP contribution in [0.1, 0.15) is 22.8 Å². The minimum absolute atomic E-state index is 0.0195. The quantitative estimate of drug-likeness (QED) is 0.408. The molecule has 2 aromatic rings. The number of carbonyl (C=O) groups excluding carboxylic acids is 3. The molecule has 0 spiro atoms. The molecular weight excluding hydrogens is 428 g/mol. The number of nitrogens with one attached hydrogen (secondary N) is 1. The van der Waals surface area contributed by atoms with Crippen LogP contribution in [0.5, 0.6) is 0 Å². The van der Waals surface area contributed by atoms with Crippen LogP contribution in [-0.2, 0) is 9.53 Å². The summed E-state index contributed by atoms with van der Waals surface area (Å²) in [5, 5.41) is 13.8. The predicted molar refractivity (Wildman–Crippen MR) is 120 cm³/mol. The third kappa shape index (κ3) is 6.16. The first-order valence-electron chi connectivity index (χ1n) is 10.4. The van der Waals surface area contributed by atoms with Gasteiger partial charge in [0.15, 0.2) is 0 Å². The van der Waals surface area contributed by atoms with Crippen LogP contribution in [0.15, 0.2) is 60.3 Å². The predicted octanol–water partition coefficient (Wildman–Crippen LogP) is 2.67. The maximum Gasteiger partial charge on any atom is 0.409 e. The third-order valence-electron chi connectivity index (χ3n) is 5.00. The molecule has 0 aromatic heterocycles. The number of carbonyl (C=O) groups is 3. The number of benzene rings is 2. The van der Waals surface area contributed by atoms with Crippen molar-refractivity contribution in [2.45, 2.75) is 6.92 Å². The fraction of sp³-hybridized carbons (Fsp3) is 0.261. The Morgan fingerprint density at radius 3 is 2.33 bits per heavy atom. The molecule has 1 saturated heterocycles. The molecule has 2 aromatic carbocycles. The van der Waals surface area contributed by atoms with E-state index in [4.69, 9.17) is 4.74 Å². The van der Waals surface area contributed by atoms with E-state index in [1.165, 1.54) is 34.1 Å². The molecule has 10 nitrogen and oxygen atoms in total. The molecule has 1 aliphatic rings. The van der Waals surface area contributed by atoms with Crippen LogP contribution in [-0.4, -0.2) is 65.4 Å². The standard InChI is InChI=1S/C23H24N4O6/c1-2-33-23(30)26-13-11-25(12-14-26)22(29)20(24-21(28)18-8-4-3-5-9-18)16-17-7-6-10-19(15-17)27(31)32/h3-10,15-16H,2,11-14H2,1H3,(H,24,28). The molecule has 1 fully saturated rings. The summed E-state index contributed by atoms with van der Waals surface area (Å²) in [6, 6.07) is 14.2. The number of rotatable bonds is 6. The van der Waals surface area contributed by atoms with E-state index in [1.807, 2.05) is 0 Å². The van der Waals surface area contributed by atoms with Crippen molar-refractivity contribution in [3.63, 3.8) is 0 Å². The van der Waals surface area contributed by atoms with Crippen LogP contribution in [0.4, 0.5) is 10.5 Å². The van der Waals surface area contributed by atoms with Crippen LogP contribution in [0, 0.1) is 10.1 Å². The number of hydrogen-bond donors (Lipinski definition) is 1. The van der Waals surface area contributed by atoms with Crippen molar-refractivity contribution in [1.82, 2.24) is 15.1 Å². The average molecular weight is 452 g/mol. The Balaban J connectivity index is 1.83.